The summed E-state index contributed by atoms with van der Waals surface area (Å²) in [6, 6.07) is 16.2. The molecule has 1 atom stereocenters. The molecule has 1 saturated heterocycles. The summed E-state index contributed by atoms with van der Waals surface area (Å²) < 4.78 is 10.7. The first-order valence-corrected chi connectivity index (χ1v) is 7.97. The van der Waals surface area contributed by atoms with E-state index in [9.17, 15) is 9.59 Å². The normalized spacial score (nSPS) is 17.0. The molecule has 1 amide bonds. The Morgan fingerprint density at radius 3 is 2.46 bits per heavy atom. The van der Waals surface area contributed by atoms with Gasteiger partial charge in [0.05, 0.1) is 12.5 Å². The molecule has 0 bridgehead atoms. The standard InChI is InChI=1S/C19H19NO4/c1-2-23-16-10-8-15(9-11-16)20-13-14(12-18(20)21)19(22)24-17-6-4-3-5-7-17/h3-11,14H,2,12-13H2,1H3/t14-/m1/s1. The molecule has 0 radical (unpaired) electrons. The van der Waals surface area contributed by atoms with Crippen LogP contribution in [0.2, 0.25) is 0 Å². The third kappa shape index (κ3) is 3.56. The highest BCUT2D eigenvalue weighted by atomic mass is 16.5. The third-order valence-corrected chi connectivity index (χ3v) is 3.88. The maximum Gasteiger partial charge on any atom is 0.316 e. The van der Waals surface area contributed by atoms with E-state index in [2.05, 4.69) is 0 Å². The third-order valence-electron chi connectivity index (χ3n) is 3.88. The summed E-state index contributed by atoms with van der Waals surface area (Å²) in [6.07, 6.45) is 0.166. The first-order valence-electron chi connectivity index (χ1n) is 7.97. The molecular formula is C19H19NO4. The number of hydrogen-bond donors (Lipinski definition) is 0. The van der Waals surface area contributed by atoms with Crippen molar-refractivity contribution in [2.24, 2.45) is 5.92 Å². The van der Waals surface area contributed by atoms with Crippen molar-refractivity contribution in [3.63, 3.8) is 0 Å². The summed E-state index contributed by atoms with van der Waals surface area (Å²) in [5.74, 6) is 0.351. The molecule has 5 heteroatoms. The average Bonchev–Trinajstić information content (AvgIpc) is 2.99. The quantitative estimate of drug-likeness (QED) is 0.626. The largest absolute Gasteiger partial charge is 0.494 e. The van der Waals surface area contributed by atoms with Crippen LogP contribution >= 0.6 is 0 Å². The predicted molar refractivity (Wildman–Crippen MR) is 90.1 cm³/mol. The van der Waals surface area contributed by atoms with Crippen LogP contribution < -0.4 is 14.4 Å². The van der Waals surface area contributed by atoms with Crippen LogP contribution in [0.15, 0.2) is 54.6 Å². The first kappa shape index (κ1) is 16.1. The molecule has 0 saturated carbocycles. The molecule has 1 heterocycles. The monoisotopic (exact) mass is 325 g/mol. The van der Waals surface area contributed by atoms with Crippen molar-refractivity contribution in [3.05, 3.63) is 54.6 Å². The molecule has 124 valence electrons. The number of nitrogens with zero attached hydrogens (tertiary/aromatic N) is 1. The van der Waals surface area contributed by atoms with Gasteiger partial charge in [-0.05, 0) is 43.3 Å². The zero-order chi connectivity index (χ0) is 16.9. The molecular weight excluding hydrogens is 306 g/mol. The van der Waals surface area contributed by atoms with E-state index in [-0.39, 0.29) is 18.3 Å². The summed E-state index contributed by atoms with van der Waals surface area (Å²) in [6.45, 7) is 2.84. The van der Waals surface area contributed by atoms with Gasteiger partial charge in [0.1, 0.15) is 11.5 Å². The molecule has 1 fully saturated rings. The number of ether oxygens (including phenoxy) is 2. The van der Waals surface area contributed by atoms with Crippen LogP contribution in [0, 0.1) is 5.92 Å². The van der Waals surface area contributed by atoms with E-state index in [0.717, 1.165) is 11.4 Å². The lowest BCUT2D eigenvalue weighted by Crippen LogP contribution is -2.27. The molecule has 5 nitrogen and oxygen atoms in total. The van der Waals surface area contributed by atoms with Gasteiger partial charge in [-0.25, -0.2) is 0 Å². The Labute approximate surface area is 140 Å². The van der Waals surface area contributed by atoms with Gasteiger partial charge in [0, 0.05) is 18.7 Å². The van der Waals surface area contributed by atoms with E-state index in [4.69, 9.17) is 9.47 Å². The molecule has 24 heavy (non-hydrogen) atoms. The van der Waals surface area contributed by atoms with Crippen LogP contribution in [0.4, 0.5) is 5.69 Å². The molecule has 0 spiro atoms. The van der Waals surface area contributed by atoms with Gasteiger partial charge in [-0.15, -0.1) is 0 Å². The Morgan fingerprint density at radius 1 is 1.08 bits per heavy atom. The molecule has 1 aliphatic rings. The van der Waals surface area contributed by atoms with Gasteiger partial charge in [0.25, 0.3) is 0 Å². The predicted octanol–water partition coefficient (Wildman–Crippen LogP) is 3.04. The van der Waals surface area contributed by atoms with Crippen molar-refractivity contribution in [1.29, 1.82) is 0 Å². The molecule has 0 aliphatic carbocycles. The second-order valence-corrected chi connectivity index (χ2v) is 5.57. The molecule has 0 N–H and O–H groups in total. The lowest BCUT2D eigenvalue weighted by Gasteiger charge is -2.17. The Balaban J connectivity index is 1.65. The van der Waals surface area contributed by atoms with E-state index in [0.29, 0.717) is 18.9 Å². The van der Waals surface area contributed by atoms with Crippen molar-refractivity contribution < 1.29 is 19.1 Å². The molecule has 0 aromatic heterocycles. The molecule has 2 aromatic carbocycles. The fourth-order valence-electron chi connectivity index (χ4n) is 2.69. The number of benzene rings is 2. The van der Waals surface area contributed by atoms with Crippen molar-refractivity contribution in [2.45, 2.75) is 13.3 Å². The minimum atomic E-state index is -0.454. The van der Waals surface area contributed by atoms with Crippen LogP contribution in [-0.2, 0) is 9.59 Å². The van der Waals surface area contributed by atoms with Gasteiger partial charge >= 0.3 is 5.97 Å². The second-order valence-electron chi connectivity index (χ2n) is 5.57. The number of carbonyl (C=O) groups excluding carboxylic acids is 2. The maximum absolute atomic E-state index is 12.3. The average molecular weight is 325 g/mol. The summed E-state index contributed by atoms with van der Waals surface area (Å²) in [7, 11) is 0. The fraction of sp³-hybridized carbons (Fsp3) is 0.263. The summed E-state index contributed by atoms with van der Waals surface area (Å²) in [4.78, 5) is 26.1. The van der Waals surface area contributed by atoms with Crippen LogP contribution in [-0.4, -0.2) is 25.0 Å². The van der Waals surface area contributed by atoms with Gasteiger partial charge in [0.15, 0.2) is 0 Å². The highest BCUT2D eigenvalue weighted by molar-refractivity contribution is 5.99. The van der Waals surface area contributed by atoms with E-state index >= 15 is 0 Å². The highest BCUT2D eigenvalue weighted by Gasteiger charge is 2.36. The van der Waals surface area contributed by atoms with Crippen molar-refractivity contribution in [1.82, 2.24) is 0 Å². The maximum atomic E-state index is 12.3. The summed E-state index contributed by atoms with van der Waals surface area (Å²) >= 11 is 0. The number of esters is 1. The SMILES string of the molecule is CCOc1ccc(N2C[C@H](C(=O)Oc3ccccc3)CC2=O)cc1. The van der Waals surface area contributed by atoms with Gasteiger partial charge in [-0.1, -0.05) is 18.2 Å². The Bertz CT molecular complexity index is 712. The Kier molecular flexibility index (Phi) is 4.79. The van der Waals surface area contributed by atoms with Crippen LogP contribution in [0.1, 0.15) is 13.3 Å². The molecule has 3 rings (SSSR count). The van der Waals surface area contributed by atoms with E-state index in [1.807, 2.05) is 37.3 Å². The van der Waals surface area contributed by atoms with Gasteiger partial charge in [-0.2, -0.15) is 0 Å². The number of hydrogen-bond acceptors (Lipinski definition) is 4. The topological polar surface area (TPSA) is 55.8 Å². The van der Waals surface area contributed by atoms with Crippen LogP contribution in [0.5, 0.6) is 11.5 Å². The second kappa shape index (κ2) is 7.17. The minimum Gasteiger partial charge on any atom is -0.494 e. The smallest absolute Gasteiger partial charge is 0.316 e. The lowest BCUT2D eigenvalue weighted by atomic mass is 10.1. The fourth-order valence-corrected chi connectivity index (χ4v) is 2.69. The van der Waals surface area contributed by atoms with Crippen molar-refractivity contribution in [2.75, 3.05) is 18.1 Å². The number of anilines is 1. The van der Waals surface area contributed by atoms with E-state index < -0.39 is 5.92 Å². The Hall–Kier alpha value is -2.82. The Morgan fingerprint density at radius 2 is 1.79 bits per heavy atom. The first-order chi connectivity index (χ1) is 11.7. The zero-order valence-electron chi connectivity index (χ0n) is 13.5. The molecule has 0 unspecified atom stereocenters. The van der Waals surface area contributed by atoms with Gasteiger partial charge < -0.3 is 14.4 Å². The van der Waals surface area contributed by atoms with Crippen LogP contribution in [0.25, 0.3) is 0 Å². The summed E-state index contributed by atoms with van der Waals surface area (Å²) in [5.41, 5.74) is 0.762. The minimum absolute atomic E-state index is 0.0748. The number of para-hydroxylation sites is 1. The molecule has 2 aromatic rings. The zero-order valence-corrected chi connectivity index (χ0v) is 13.5. The van der Waals surface area contributed by atoms with E-state index in [1.165, 1.54) is 0 Å². The highest BCUT2D eigenvalue weighted by Crippen LogP contribution is 2.28. The van der Waals surface area contributed by atoms with Crippen molar-refractivity contribution in [3.8, 4) is 11.5 Å². The van der Waals surface area contributed by atoms with Gasteiger partial charge in [0.2, 0.25) is 5.91 Å². The number of carbonyl (C=O) groups is 2. The number of amides is 1. The van der Waals surface area contributed by atoms with E-state index in [1.54, 1.807) is 29.2 Å². The molecule has 1 aliphatic heterocycles. The van der Waals surface area contributed by atoms with Crippen molar-refractivity contribution >= 4 is 17.6 Å². The van der Waals surface area contributed by atoms with Gasteiger partial charge in [-0.3, -0.25) is 9.59 Å². The summed E-state index contributed by atoms with van der Waals surface area (Å²) in [5, 5.41) is 0. The lowest BCUT2D eigenvalue weighted by molar-refractivity contribution is -0.139. The van der Waals surface area contributed by atoms with Crippen LogP contribution in [0.3, 0.4) is 0 Å². The number of rotatable bonds is 5.